The zero-order valence-corrected chi connectivity index (χ0v) is 10.4. The van der Waals surface area contributed by atoms with Crippen LogP contribution in [0.4, 0.5) is 0 Å². The standard InChI is InChI=1S/C16H16O2/c1-12(17)10-13-2-4-14(5-3-13)11-15-6-8-16(18)9-7-15/h2-9,18H,10-11H2,1H3. The maximum Gasteiger partial charge on any atom is 0.134 e. The lowest BCUT2D eigenvalue weighted by atomic mass is 10.0. The van der Waals surface area contributed by atoms with Gasteiger partial charge in [0.25, 0.3) is 0 Å². The van der Waals surface area contributed by atoms with Crippen molar-refractivity contribution >= 4 is 5.78 Å². The Morgan fingerprint density at radius 1 is 0.889 bits per heavy atom. The molecule has 18 heavy (non-hydrogen) atoms. The average Bonchev–Trinajstić information content (AvgIpc) is 2.34. The maximum atomic E-state index is 11.0. The molecule has 0 fully saturated rings. The summed E-state index contributed by atoms with van der Waals surface area (Å²) in [6.07, 6.45) is 1.33. The van der Waals surface area contributed by atoms with Gasteiger partial charge in [-0.15, -0.1) is 0 Å². The van der Waals surface area contributed by atoms with Crippen LogP contribution in [-0.4, -0.2) is 10.9 Å². The third-order valence-electron chi connectivity index (χ3n) is 2.82. The summed E-state index contributed by atoms with van der Waals surface area (Å²) in [4.78, 5) is 11.0. The zero-order valence-electron chi connectivity index (χ0n) is 10.4. The van der Waals surface area contributed by atoms with E-state index in [9.17, 15) is 9.90 Å². The van der Waals surface area contributed by atoms with Gasteiger partial charge in [-0.25, -0.2) is 0 Å². The van der Waals surface area contributed by atoms with Crippen molar-refractivity contribution in [1.82, 2.24) is 0 Å². The average molecular weight is 240 g/mol. The van der Waals surface area contributed by atoms with Crippen LogP contribution in [0.25, 0.3) is 0 Å². The number of ketones is 1. The maximum absolute atomic E-state index is 11.0. The molecule has 2 rings (SSSR count). The van der Waals surface area contributed by atoms with E-state index in [1.54, 1.807) is 19.1 Å². The first kappa shape index (κ1) is 12.4. The normalized spacial score (nSPS) is 10.3. The number of carbonyl (C=O) groups excluding carboxylic acids is 1. The second-order valence-corrected chi connectivity index (χ2v) is 4.54. The van der Waals surface area contributed by atoms with Gasteiger partial charge < -0.3 is 5.11 Å². The summed E-state index contributed by atoms with van der Waals surface area (Å²) >= 11 is 0. The Balaban J connectivity index is 2.06. The van der Waals surface area contributed by atoms with Gasteiger partial charge in [-0.3, -0.25) is 4.79 Å². The first-order chi connectivity index (χ1) is 8.63. The second kappa shape index (κ2) is 5.50. The predicted octanol–water partition coefficient (Wildman–Crippen LogP) is 3.11. The molecule has 0 atom stereocenters. The van der Waals surface area contributed by atoms with Crippen LogP contribution >= 0.6 is 0 Å². The third-order valence-corrected chi connectivity index (χ3v) is 2.82. The zero-order chi connectivity index (χ0) is 13.0. The molecule has 0 aliphatic rings. The summed E-state index contributed by atoms with van der Waals surface area (Å²) in [6, 6.07) is 15.3. The van der Waals surface area contributed by atoms with Crippen molar-refractivity contribution in [3.63, 3.8) is 0 Å². The number of phenols is 1. The molecule has 0 amide bonds. The van der Waals surface area contributed by atoms with E-state index < -0.39 is 0 Å². The van der Waals surface area contributed by atoms with E-state index in [4.69, 9.17) is 0 Å². The lowest BCUT2D eigenvalue weighted by Gasteiger charge is -2.04. The van der Waals surface area contributed by atoms with Crippen LogP contribution in [0.5, 0.6) is 5.75 Å². The fourth-order valence-corrected chi connectivity index (χ4v) is 1.91. The van der Waals surface area contributed by atoms with Crippen molar-refractivity contribution in [2.45, 2.75) is 19.8 Å². The minimum atomic E-state index is 0.182. The van der Waals surface area contributed by atoms with E-state index in [-0.39, 0.29) is 11.5 Å². The molecule has 0 aliphatic carbocycles. The van der Waals surface area contributed by atoms with Gasteiger partial charge in [0.1, 0.15) is 11.5 Å². The lowest BCUT2D eigenvalue weighted by Crippen LogP contribution is -1.96. The number of Topliss-reactive ketones (excluding diaryl/α,β-unsaturated/α-hetero) is 1. The molecule has 0 saturated heterocycles. The van der Waals surface area contributed by atoms with Crippen molar-refractivity contribution in [3.05, 3.63) is 65.2 Å². The van der Waals surface area contributed by atoms with Crippen molar-refractivity contribution in [2.75, 3.05) is 0 Å². The summed E-state index contributed by atoms with van der Waals surface area (Å²) in [5, 5.41) is 9.21. The highest BCUT2D eigenvalue weighted by atomic mass is 16.3. The van der Waals surface area contributed by atoms with Gasteiger partial charge in [0, 0.05) is 6.42 Å². The van der Waals surface area contributed by atoms with Gasteiger partial charge >= 0.3 is 0 Å². The fraction of sp³-hybridized carbons (Fsp3) is 0.188. The Hall–Kier alpha value is -2.09. The number of phenolic OH excluding ortho intramolecular Hbond substituents is 1. The molecule has 0 spiro atoms. The minimum absolute atomic E-state index is 0.182. The van der Waals surface area contributed by atoms with Crippen molar-refractivity contribution in [1.29, 1.82) is 0 Å². The van der Waals surface area contributed by atoms with E-state index in [1.807, 2.05) is 36.4 Å². The van der Waals surface area contributed by atoms with E-state index >= 15 is 0 Å². The van der Waals surface area contributed by atoms with Crippen molar-refractivity contribution in [3.8, 4) is 5.75 Å². The van der Waals surface area contributed by atoms with Crippen LogP contribution in [0.3, 0.4) is 0 Å². The fourth-order valence-electron chi connectivity index (χ4n) is 1.91. The predicted molar refractivity (Wildman–Crippen MR) is 71.7 cm³/mol. The van der Waals surface area contributed by atoms with E-state index in [2.05, 4.69) is 0 Å². The van der Waals surface area contributed by atoms with Gasteiger partial charge in [-0.1, -0.05) is 36.4 Å². The molecule has 2 heteroatoms. The SMILES string of the molecule is CC(=O)Cc1ccc(Cc2ccc(O)cc2)cc1. The number of carbonyl (C=O) groups is 1. The molecule has 0 unspecified atom stereocenters. The Bertz CT molecular complexity index is 524. The highest BCUT2D eigenvalue weighted by molar-refractivity contribution is 5.78. The van der Waals surface area contributed by atoms with Crippen LogP contribution in [0.1, 0.15) is 23.6 Å². The van der Waals surface area contributed by atoms with E-state index in [0.717, 1.165) is 17.5 Å². The smallest absolute Gasteiger partial charge is 0.134 e. The molecular weight excluding hydrogens is 224 g/mol. The Labute approximate surface area is 107 Å². The molecule has 92 valence electrons. The van der Waals surface area contributed by atoms with Gasteiger partial charge in [0.2, 0.25) is 0 Å². The molecule has 0 aromatic heterocycles. The monoisotopic (exact) mass is 240 g/mol. The molecule has 2 aromatic carbocycles. The van der Waals surface area contributed by atoms with Crippen LogP contribution in [-0.2, 0) is 17.6 Å². The Morgan fingerprint density at radius 3 is 1.83 bits per heavy atom. The third kappa shape index (κ3) is 3.45. The Kier molecular flexibility index (Phi) is 3.78. The van der Waals surface area contributed by atoms with Gasteiger partial charge in [-0.2, -0.15) is 0 Å². The highest BCUT2D eigenvalue weighted by Crippen LogP contribution is 2.14. The number of hydrogen-bond donors (Lipinski definition) is 1. The number of benzene rings is 2. The summed E-state index contributed by atoms with van der Waals surface area (Å²) in [7, 11) is 0. The molecule has 0 bridgehead atoms. The van der Waals surface area contributed by atoms with Gasteiger partial charge in [0.15, 0.2) is 0 Å². The van der Waals surface area contributed by atoms with E-state index in [1.165, 1.54) is 5.56 Å². The van der Waals surface area contributed by atoms with Crippen molar-refractivity contribution in [2.24, 2.45) is 0 Å². The Morgan fingerprint density at radius 2 is 1.33 bits per heavy atom. The second-order valence-electron chi connectivity index (χ2n) is 4.54. The summed E-state index contributed by atoms with van der Waals surface area (Å²) in [6.45, 7) is 1.60. The molecule has 1 N–H and O–H groups in total. The number of rotatable bonds is 4. The first-order valence-corrected chi connectivity index (χ1v) is 5.98. The van der Waals surface area contributed by atoms with E-state index in [0.29, 0.717) is 6.42 Å². The van der Waals surface area contributed by atoms with Crippen LogP contribution in [0, 0.1) is 0 Å². The minimum Gasteiger partial charge on any atom is -0.508 e. The summed E-state index contributed by atoms with van der Waals surface area (Å²) in [5.41, 5.74) is 3.41. The molecule has 0 radical (unpaired) electrons. The first-order valence-electron chi connectivity index (χ1n) is 5.98. The summed E-state index contributed by atoms with van der Waals surface area (Å²) < 4.78 is 0. The topological polar surface area (TPSA) is 37.3 Å². The highest BCUT2D eigenvalue weighted by Gasteiger charge is 2.00. The summed E-state index contributed by atoms with van der Waals surface area (Å²) in [5.74, 6) is 0.469. The van der Waals surface area contributed by atoms with Gasteiger partial charge in [0.05, 0.1) is 0 Å². The molecule has 0 heterocycles. The number of hydrogen-bond acceptors (Lipinski definition) is 2. The molecular formula is C16H16O2. The largest absolute Gasteiger partial charge is 0.508 e. The van der Waals surface area contributed by atoms with Crippen molar-refractivity contribution < 1.29 is 9.90 Å². The quantitative estimate of drug-likeness (QED) is 0.891. The van der Waals surface area contributed by atoms with Crippen LogP contribution in [0.2, 0.25) is 0 Å². The van der Waals surface area contributed by atoms with Gasteiger partial charge in [-0.05, 0) is 42.2 Å². The molecule has 0 aliphatic heterocycles. The molecule has 2 nitrogen and oxygen atoms in total. The molecule has 2 aromatic rings. The molecule has 0 saturated carbocycles. The number of aromatic hydroxyl groups is 1. The lowest BCUT2D eigenvalue weighted by molar-refractivity contribution is -0.116. The van der Waals surface area contributed by atoms with Crippen LogP contribution in [0.15, 0.2) is 48.5 Å². The van der Waals surface area contributed by atoms with Crippen LogP contribution < -0.4 is 0 Å².